The Kier molecular flexibility index (Phi) is 8.31. The van der Waals surface area contributed by atoms with Crippen LogP contribution >= 0.6 is 11.8 Å². The molecule has 1 aliphatic rings. The third-order valence-electron chi connectivity index (χ3n) is 5.75. The van der Waals surface area contributed by atoms with E-state index in [4.69, 9.17) is 0 Å². The molecule has 1 aromatic heterocycles. The van der Waals surface area contributed by atoms with Gasteiger partial charge in [0.05, 0.1) is 11.8 Å². The molecule has 3 rings (SSSR count). The Balaban J connectivity index is 1.70. The summed E-state index contributed by atoms with van der Waals surface area (Å²) in [6, 6.07) is 7.27. The summed E-state index contributed by atoms with van der Waals surface area (Å²) >= 11 is 1.41. The Morgan fingerprint density at radius 1 is 1.16 bits per heavy atom. The molecule has 32 heavy (non-hydrogen) atoms. The third-order valence-corrected chi connectivity index (χ3v) is 6.71. The fourth-order valence-electron chi connectivity index (χ4n) is 3.75. The Labute approximate surface area is 194 Å². The van der Waals surface area contributed by atoms with Crippen LogP contribution in [0.3, 0.4) is 0 Å². The van der Waals surface area contributed by atoms with Crippen molar-refractivity contribution in [2.75, 3.05) is 39.0 Å². The van der Waals surface area contributed by atoms with Gasteiger partial charge in [-0.15, -0.1) is 10.2 Å². The molecule has 0 bridgehead atoms. The van der Waals surface area contributed by atoms with Crippen molar-refractivity contribution in [2.24, 2.45) is 5.92 Å². The first-order valence-electron chi connectivity index (χ1n) is 11.2. The number of aryl methyl sites for hydroxylation is 1. The molecule has 2 amide bonds. The number of hydrogen-bond donors (Lipinski definition) is 1. The van der Waals surface area contributed by atoms with Crippen molar-refractivity contribution in [1.82, 2.24) is 29.9 Å². The molecule has 2 heterocycles. The predicted molar refractivity (Wildman–Crippen MR) is 127 cm³/mol. The van der Waals surface area contributed by atoms with E-state index in [1.54, 1.807) is 0 Å². The van der Waals surface area contributed by atoms with Crippen LogP contribution in [0.1, 0.15) is 48.6 Å². The Hall–Kier alpha value is -2.39. The van der Waals surface area contributed by atoms with E-state index in [0.29, 0.717) is 23.0 Å². The number of benzene rings is 1. The van der Waals surface area contributed by atoms with Crippen molar-refractivity contribution in [3.8, 4) is 0 Å². The second kappa shape index (κ2) is 11.0. The average molecular weight is 459 g/mol. The summed E-state index contributed by atoms with van der Waals surface area (Å²) in [6.45, 7) is 12.1. The van der Waals surface area contributed by atoms with Gasteiger partial charge in [0.25, 0.3) is 5.91 Å². The van der Waals surface area contributed by atoms with Gasteiger partial charge in [-0.2, -0.15) is 0 Å². The molecule has 1 saturated heterocycles. The normalized spacial score (nSPS) is 15.8. The largest absolute Gasteiger partial charge is 0.342 e. The highest BCUT2D eigenvalue weighted by molar-refractivity contribution is 7.99. The number of likely N-dealkylation sites (N-methyl/N-ethyl adjacent to an activating group) is 1. The number of hydrogen-bond acceptors (Lipinski definition) is 6. The lowest BCUT2D eigenvalue weighted by atomic mass is 10.0. The van der Waals surface area contributed by atoms with Gasteiger partial charge in [-0.25, -0.2) is 0 Å². The zero-order valence-corrected chi connectivity index (χ0v) is 20.5. The number of aromatic nitrogens is 3. The molecule has 1 aromatic carbocycles. The van der Waals surface area contributed by atoms with E-state index >= 15 is 0 Å². The molecule has 1 fully saturated rings. The monoisotopic (exact) mass is 458 g/mol. The molecule has 174 valence electrons. The number of carbonyl (C=O) groups excluding carboxylic acids is 2. The van der Waals surface area contributed by atoms with E-state index < -0.39 is 0 Å². The lowest BCUT2D eigenvalue weighted by molar-refractivity contribution is -0.129. The number of rotatable bonds is 8. The highest BCUT2D eigenvalue weighted by Crippen LogP contribution is 2.26. The van der Waals surface area contributed by atoms with Crippen LogP contribution < -0.4 is 5.32 Å². The fourth-order valence-corrected chi connectivity index (χ4v) is 4.66. The summed E-state index contributed by atoms with van der Waals surface area (Å²) in [5.74, 6) is 1.19. The second-order valence-electron chi connectivity index (χ2n) is 8.62. The molecule has 0 saturated carbocycles. The number of piperazine rings is 1. The molecule has 0 spiro atoms. The van der Waals surface area contributed by atoms with E-state index in [1.807, 2.05) is 47.6 Å². The predicted octanol–water partition coefficient (Wildman–Crippen LogP) is 2.60. The van der Waals surface area contributed by atoms with Crippen LogP contribution in [0, 0.1) is 12.8 Å². The molecule has 1 aliphatic heterocycles. The number of carbonyl (C=O) groups is 2. The van der Waals surface area contributed by atoms with Gasteiger partial charge in [-0.3, -0.25) is 9.59 Å². The van der Waals surface area contributed by atoms with Crippen LogP contribution in [-0.4, -0.2) is 75.4 Å². The minimum Gasteiger partial charge on any atom is -0.342 e. The summed E-state index contributed by atoms with van der Waals surface area (Å²) in [4.78, 5) is 29.7. The van der Waals surface area contributed by atoms with Crippen molar-refractivity contribution in [2.45, 2.75) is 45.4 Å². The van der Waals surface area contributed by atoms with Crippen LogP contribution in [0.15, 0.2) is 29.4 Å². The second-order valence-corrected chi connectivity index (χ2v) is 9.56. The Morgan fingerprint density at radius 2 is 1.88 bits per heavy atom. The highest BCUT2D eigenvalue weighted by Gasteiger charge is 2.27. The smallest absolute Gasteiger partial charge is 0.251 e. The molecule has 1 N–H and O–H groups in total. The first-order valence-corrected chi connectivity index (χ1v) is 12.2. The minimum atomic E-state index is -0.279. The zero-order valence-electron chi connectivity index (χ0n) is 19.7. The summed E-state index contributed by atoms with van der Waals surface area (Å²) < 4.78 is 2.00. The molecule has 0 aliphatic carbocycles. The molecular weight excluding hydrogens is 424 g/mol. The Morgan fingerprint density at radius 3 is 2.50 bits per heavy atom. The van der Waals surface area contributed by atoms with E-state index in [9.17, 15) is 9.59 Å². The number of amides is 2. The van der Waals surface area contributed by atoms with E-state index in [1.165, 1.54) is 11.8 Å². The number of thioether (sulfide) groups is 1. The Bertz CT molecular complexity index is 936. The van der Waals surface area contributed by atoms with Gasteiger partial charge in [0.15, 0.2) is 11.0 Å². The van der Waals surface area contributed by atoms with Crippen LogP contribution in [0.25, 0.3) is 0 Å². The maximum atomic E-state index is 12.9. The van der Waals surface area contributed by atoms with Gasteiger partial charge >= 0.3 is 0 Å². The van der Waals surface area contributed by atoms with Crippen molar-refractivity contribution in [3.05, 3.63) is 41.2 Å². The molecule has 8 nitrogen and oxygen atoms in total. The maximum Gasteiger partial charge on any atom is 0.251 e. The van der Waals surface area contributed by atoms with Gasteiger partial charge in [-0.05, 0) is 38.9 Å². The summed E-state index contributed by atoms with van der Waals surface area (Å²) in [5.41, 5.74) is 1.67. The topological polar surface area (TPSA) is 83.4 Å². The highest BCUT2D eigenvalue weighted by atomic mass is 32.2. The molecule has 9 heteroatoms. The quantitative estimate of drug-likeness (QED) is 0.612. The summed E-state index contributed by atoms with van der Waals surface area (Å²) in [6.07, 6.45) is 0. The standard InChI is InChI=1S/C23H34N6O2S/c1-6-29-21(20(16(2)3)24-22(31)18-9-7-8-17(4)14-18)25-26-23(29)32-15-19(30)28-12-10-27(5)11-13-28/h7-9,14,16,20H,6,10-13,15H2,1-5H3,(H,24,31)/t20-/m1/s1. The molecular formula is C23H34N6O2S. The lowest BCUT2D eigenvalue weighted by Gasteiger charge is -2.32. The van der Waals surface area contributed by atoms with Crippen molar-refractivity contribution in [3.63, 3.8) is 0 Å². The first-order chi connectivity index (χ1) is 15.3. The summed E-state index contributed by atoms with van der Waals surface area (Å²) in [7, 11) is 2.07. The fraction of sp³-hybridized carbons (Fsp3) is 0.565. The van der Waals surface area contributed by atoms with Crippen LogP contribution in [0.4, 0.5) is 0 Å². The van der Waals surface area contributed by atoms with Crippen molar-refractivity contribution < 1.29 is 9.59 Å². The molecule has 0 unspecified atom stereocenters. The third kappa shape index (κ3) is 5.89. The van der Waals surface area contributed by atoms with Crippen molar-refractivity contribution >= 4 is 23.6 Å². The van der Waals surface area contributed by atoms with Crippen LogP contribution in [0.5, 0.6) is 0 Å². The van der Waals surface area contributed by atoms with E-state index in [2.05, 4.69) is 41.3 Å². The van der Waals surface area contributed by atoms with Crippen LogP contribution in [-0.2, 0) is 11.3 Å². The average Bonchev–Trinajstić information content (AvgIpc) is 3.18. The SMILES string of the molecule is CCn1c(SCC(=O)N2CCN(C)CC2)nnc1[C@H](NC(=O)c1cccc(C)c1)C(C)C. The lowest BCUT2D eigenvalue weighted by Crippen LogP contribution is -2.47. The van der Waals surface area contributed by atoms with Gasteiger partial charge < -0.3 is 19.7 Å². The van der Waals surface area contributed by atoms with E-state index in [0.717, 1.165) is 37.6 Å². The van der Waals surface area contributed by atoms with Gasteiger partial charge in [-0.1, -0.05) is 43.3 Å². The molecule has 0 radical (unpaired) electrons. The summed E-state index contributed by atoms with van der Waals surface area (Å²) in [5, 5.41) is 12.6. The van der Waals surface area contributed by atoms with Crippen molar-refractivity contribution in [1.29, 1.82) is 0 Å². The molecule has 2 aromatic rings. The molecule has 1 atom stereocenters. The maximum absolute atomic E-state index is 12.9. The van der Waals surface area contributed by atoms with E-state index in [-0.39, 0.29) is 23.8 Å². The van der Waals surface area contributed by atoms with Gasteiger partial charge in [0, 0.05) is 38.3 Å². The first kappa shape index (κ1) is 24.3. The zero-order chi connectivity index (χ0) is 23.3. The number of nitrogens with one attached hydrogen (secondary N) is 1. The minimum absolute atomic E-state index is 0.127. The van der Waals surface area contributed by atoms with Gasteiger partial charge in [0.2, 0.25) is 5.91 Å². The number of nitrogens with zero attached hydrogens (tertiary/aromatic N) is 5. The van der Waals surface area contributed by atoms with Gasteiger partial charge in [0.1, 0.15) is 0 Å². The van der Waals surface area contributed by atoms with Crippen LogP contribution in [0.2, 0.25) is 0 Å².